The van der Waals surface area contributed by atoms with E-state index in [1.807, 2.05) is 0 Å². The molecule has 0 radical (unpaired) electrons. The second-order valence-corrected chi connectivity index (χ2v) is 8.02. The van der Waals surface area contributed by atoms with Crippen LogP contribution in [0.2, 0.25) is 0 Å². The number of rotatable bonds is 5. The molecular formula is C20H26N6O2. The summed E-state index contributed by atoms with van der Waals surface area (Å²) in [5.74, 6) is 0.799. The first-order chi connectivity index (χ1) is 13.2. The SMILES string of the molecule is CC(C)N(C(=O)O)c1nnc2c(NCc3ccc(C(C)(C)C)cc3)nccn12. The molecule has 2 heterocycles. The van der Waals surface area contributed by atoms with E-state index < -0.39 is 6.09 Å². The molecule has 1 aromatic carbocycles. The second kappa shape index (κ2) is 7.46. The zero-order valence-electron chi connectivity index (χ0n) is 16.8. The predicted octanol–water partition coefficient (Wildman–Crippen LogP) is 3.93. The van der Waals surface area contributed by atoms with Gasteiger partial charge in [-0.3, -0.25) is 4.40 Å². The smallest absolute Gasteiger partial charge is 0.414 e. The molecule has 148 valence electrons. The van der Waals surface area contributed by atoms with Gasteiger partial charge < -0.3 is 10.4 Å². The fourth-order valence-electron chi connectivity index (χ4n) is 2.95. The Morgan fingerprint density at radius 1 is 1.21 bits per heavy atom. The summed E-state index contributed by atoms with van der Waals surface area (Å²) < 4.78 is 1.63. The number of anilines is 2. The first-order valence-corrected chi connectivity index (χ1v) is 9.23. The number of aromatic nitrogens is 4. The summed E-state index contributed by atoms with van der Waals surface area (Å²) >= 11 is 0. The van der Waals surface area contributed by atoms with Crippen LogP contribution in [-0.4, -0.2) is 36.8 Å². The van der Waals surface area contributed by atoms with Crippen molar-refractivity contribution in [3.63, 3.8) is 0 Å². The summed E-state index contributed by atoms with van der Waals surface area (Å²) in [5, 5.41) is 21.0. The van der Waals surface area contributed by atoms with Gasteiger partial charge in [0.05, 0.1) is 0 Å². The number of hydrogen-bond acceptors (Lipinski definition) is 5. The Morgan fingerprint density at radius 3 is 2.46 bits per heavy atom. The Morgan fingerprint density at radius 2 is 1.89 bits per heavy atom. The third-order valence-corrected chi connectivity index (χ3v) is 4.53. The Bertz CT molecular complexity index is 973. The summed E-state index contributed by atoms with van der Waals surface area (Å²) in [6.45, 7) is 10.7. The van der Waals surface area contributed by atoms with Crippen molar-refractivity contribution in [2.75, 3.05) is 10.2 Å². The largest absolute Gasteiger partial charge is 0.465 e. The lowest BCUT2D eigenvalue weighted by Gasteiger charge is -2.20. The van der Waals surface area contributed by atoms with Gasteiger partial charge in [0.2, 0.25) is 11.6 Å². The average molecular weight is 382 g/mol. The van der Waals surface area contributed by atoms with Crippen LogP contribution in [-0.2, 0) is 12.0 Å². The Balaban J connectivity index is 1.84. The minimum Gasteiger partial charge on any atom is -0.465 e. The minimum atomic E-state index is -1.07. The summed E-state index contributed by atoms with van der Waals surface area (Å²) in [7, 11) is 0. The van der Waals surface area contributed by atoms with Crippen LogP contribution < -0.4 is 10.2 Å². The summed E-state index contributed by atoms with van der Waals surface area (Å²) in [6.07, 6.45) is 2.19. The summed E-state index contributed by atoms with van der Waals surface area (Å²) in [5.41, 5.74) is 2.99. The fraction of sp³-hybridized carbons (Fsp3) is 0.400. The monoisotopic (exact) mass is 382 g/mol. The molecule has 0 saturated heterocycles. The third kappa shape index (κ3) is 3.90. The number of amides is 1. The van der Waals surface area contributed by atoms with Crippen molar-refractivity contribution >= 4 is 23.5 Å². The molecule has 0 aliphatic rings. The highest BCUT2D eigenvalue weighted by molar-refractivity contribution is 5.85. The lowest BCUT2D eigenvalue weighted by molar-refractivity contribution is 0.199. The topological polar surface area (TPSA) is 95.7 Å². The first-order valence-electron chi connectivity index (χ1n) is 9.23. The van der Waals surface area contributed by atoms with E-state index in [1.165, 1.54) is 10.5 Å². The number of carboxylic acid groups (broad SMARTS) is 1. The van der Waals surface area contributed by atoms with Gasteiger partial charge in [0.15, 0.2) is 5.82 Å². The van der Waals surface area contributed by atoms with Crippen LogP contribution in [0.5, 0.6) is 0 Å². The van der Waals surface area contributed by atoms with Crippen molar-refractivity contribution in [3.05, 3.63) is 47.8 Å². The van der Waals surface area contributed by atoms with Gasteiger partial charge in [0, 0.05) is 25.0 Å². The molecule has 0 bridgehead atoms. The van der Waals surface area contributed by atoms with E-state index in [1.54, 1.807) is 30.6 Å². The van der Waals surface area contributed by atoms with Gasteiger partial charge in [-0.1, -0.05) is 45.0 Å². The van der Waals surface area contributed by atoms with E-state index in [4.69, 9.17) is 0 Å². The molecule has 8 heteroatoms. The number of nitrogens with zero attached hydrogens (tertiary/aromatic N) is 5. The average Bonchev–Trinajstić information content (AvgIpc) is 3.03. The molecule has 1 amide bonds. The van der Waals surface area contributed by atoms with E-state index in [-0.39, 0.29) is 17.4 Å². The van der Waals surface area contributed by atoms with E-state index >= 15 is 0 Å². The summed E-state index contributed by atoms with van der Waals surface area (Å²) in [6, 6.07) is 8.18. The molecule has 0 unspecified atom stereocenters. The third-order valence-electron chi connectivity index (χ3n) is 4.53. The predicted molar refractivity (Wildman–Crippen MR) is 109 cm³/mol. The summed E-state index contributed by atoms with van der Waals surface area (Å²) in [4.78, 5) is 17.1. The maximum atomic E-state index is 11.6. The standard InChI is InChI=1S/C20H26N6O2/c1-13(2)26(19(27)28)18-24-23-17-16(21-10-11-25(17)18)22-12-14-6-8-15(9-7-14)20(3,4)5/h6-11,13H,12H2,1-5H3,(H,21,22)(H,27,28). The Hall–Kier alpha value is -3.16. The molecular weight excluding hydrogens is 356 g/mol. The van der Waals surface area contributed by atoms with Crippen LogP contribution in [0.3, 0.4) is 0 Å². The number of nitrogens with one attached hydrogen (secondary N) is 1. The zero-order valence-corrected chi connectivity index (χ0v) is 16.8. The second-order valence-electron chi connectivity index (χ2n) is 8.02. The number of fused-ring (bicyclic) bond motifs is 1. The van der Waals surface area contributed by atoms with Gasteiger partial charge in [-0.2, -0.15) is 0 Å². The van der Waals surface area contributed by atoms with Crippen LogP contribution in [0.4, 0.5) is 16.6 Å². The number of carbonyl (C=O) groups is 1. The maximum Gasteiger partial charge on any atom is 0.414 e. The van der Waals surface area contributed by atoms with Crippen molar-refractivity contribution in [2.24, 2.45) is 0 Å². The zero-order chi connectivity index (χ0) is 20.5. The van der Waals surface area contributed by atoms with Crippen molar-refractivity contribution in [2.45, 2.75) is 52.6 Å². The quantitative estimate of drug-likeness (QED) is 0.694. The van der Waals surface area contributed by atoms with Crippen LogP contribution in [0, 0.1) is 0 Å². The van der Waals surface area contributed by atoms with Crippen LogP contribution in [0.1, 0.15) is 45.7 Å². The molecule has 3 aromatic rings. The van der Waals surface area contributed by atoms with Crippen molar-refractivity contribution in [1.29, 1.82) is 0 Å². The lowest BCUT2D eigenvalue weighted by atomic mass is 9.87. The number of hydrogen-bond donors (Lipinski definition) is 2. The Kier molecular flexibility index (Phi) is 5.22. The first kappa shape index (κ1) is 19.6. The maximum absolute atomic E-state index is 11.6. The molecule has 8 nitrogen and oxygen atoms in total. The molecule has 3 rings (SSSR count). The van der Waals surface area contributed by atoms with E-state index in [0.29, 0.717) is 18.0 Å². The molecule has 0 fully saturated rings. The van der Waals surface area contributed by atoms with Crippen LogP contribution in [0.25, 0.3) is 5.65 Å². The highest BCUT2D eigenvalue weighted by atomic mass is 16.4. The Labute approximate surface area is 164 Å². The van der Waals surface area contributed by atoms with Gasteiger partial charge in [-0.25, -0.2) is 14.7 Å². The fourth-order valence-corrected chi connectivity index (χ4v) is 2.95. The van der Waals surface area contributed by atoms with Gasteiger partial charge in [0.1, 0.15) is 0 Å². The van der Waals surface area contributed by atoms with E-state index in [0.717, 1.165) is 5.56 Å². The minimum absolute atomic E-state index is 0.115. The van der Waals surface area contributed by atoms with Crippen molar-refractivity contribution < 1.29 is 9.90 Å². The van der Waals surface area contributed by atoms with E-state index in [9.17, 15) is 9.90 Å². The molecule has 28 heavy (non-hydrogen) atoms. The van der Waals surface area contributed by atoms with E-state index in [2.05, 4.69) is 65.5 Å². The highest BCUT2D eigenvalue weighted by Gasteiger charge is 2.24. The molecule has 0 aliphatic heterocycles. The van der Waals surface area contributed by atoms with Crippen molar-refractivity contribution in [1.82, 2.24) is 19.6 Å². The highest BCUT2D eigenvalue weighted by Crippen LogP contribution is 2.23. The lowest BCUT2D eigenvalue weighted by Crippen LogP contribution is -2.37. The van der Waals surface area contributed by atoms with Crippen molar-refractivity contribution in [3.8, 4) is 0 Å². The molecule has 2 aromatic heterocycles. The van der Waals surface area contributed by atoms with Gasteiger partial charge in [0.25, 0.3) is 0 Å². The van der Waals surface area contributed by atoms with Crippen LogP contribution >= 0.6 is 0 Å². The number of benzene rings is 1. The molecule has 2 N–H and O–H groups in total. The van der Waals surface area contributed by atoms with Gasteiger partial charge >= 0.3 is 6.09 Å². The molecule has 0 atom stereocenters. The van der Waals surface area contributed by atoms with Crippen LogP contribution in [0.15, 0.2) is 36.7 Å². The van der Waals surface area contributed by atoms with Gasteiger partial charge in [-0.15, -0.1) is 10.2 Å². The normalized spacial score (nSPS) is 11.8. The molecule has 0 spiro atoms. The molecule has 0 aliphatic carbocycles. The van der Waals surface area contributed by atoms with Gasteiger partial charge in [-0.05, 0) is 30.4 Å². The molecule has 0 saturated carbocycles.